The number of hydrogen-bond acceptors (Lipinski definition) is 6. The number of rotatable bonds is 6. The molecule has 158 valence electrons. The van der Waals surface area contributed by atoms with Crippen molar-refractivity contribution in [2.24, 2.45) is 0 Å². The topological polar surface area (TPSA) is 104 Å². The Hall–Kier alpha value is -3.46. The summed E-state index contributed by atoms with van der Waals surface area (Å²) in [5.41, 5.74) is 3.10. The van der Waals surface area contributed by atoms with Crippen molar-refractivity contribution in [2.75, 3.05) is 5.75 Å². The van der Waals surface area contributed by atoms with Crippen LogP contribution in [0.4, 0.5) is 4.79 Å². The highest BCUT2D eigenvalue weighted by atomic mass is 32.2. The van der Waals surface area contributed by atoms with Crippen LogP contribution in [0.25, 0.3) is 22.0 Å². The van der Waals surface area contributed by atoms with Crippen LogP contribution in [0.1, 0.15) is 20.3 Å². The third-order valence-corrected chi connectivity index (χ3v) is 6.23. The summed E-state index contributed by atoms with van der Waals surface area (Å²) >= 11 is 1.20. The Morgan fingerprint density at radius 2 is 1.74 bits per heavy atom. The van der Waals surface area contributed by atoms with E-state index in [4.69, 9.17) is 0 Å². The van der Waals surface area contributed by atoms with Crippen LogP contribution in [0, 0.1) is 0 Å². The molecule has 0 saturated carbocycles. The summed E-state index contributed by atoms with van der Waals surface area (Å²) in [6, 6.07) is 16.9. The lowest BCUT2D eigenvalue weighted by atomic mass is 10.00. The molecule has 0 bridgehead atoms. The maximum absolute atomic E-state index is 12.4. The van der Waals surface area contributed by atoms with Gasteiger partial charge < -0.3 is 5.32 Å². The first-order valence-corrected chi connectivity index (χ1v) is 10.8. The first-order chi connectivity index (χ1) is 14.9. The second-order valence-electron chi connectivity index (χ2n) is 7.35. The molecule has 2 aromatic carbocycles. The molecule has 0 unspecified atom stereocenters. The number of fused-ring (bicyclic) bond motifs is 1. The van der Waals surface area contributed by atoms with Gasteiger partial charge in [-0.1, -0.05) is 73.3 Å². The van der Waals surface area contributed by atoms with Crippen molar-refractivity contribution in [1.82, 2.24) is 25.9 Å². The van der Waals surface area contributed by atoms with E-state index in [1.165, 1.54) is 11.8 Å². The molecular formula is C22H21N5O3S. The fraction of sp³-hybridized carbons (Fsp3) is 0.227. The highest BCUT2D eigenvalue weighted by molar-refractivity contribution is 8.00. The second-order valence-corrected chi connectivity index (χ2v) is 8.31. The van der Waals surface area contributed by atoms with Crippen molar-refractivity contribution >= 4 is 40.4 Å². The minimum absolute atomic E-state index is 0.0245. The lowest BCUT2D eigenvalue weighted by molar-refractivity contribution is -0.137. The Morgan fingerprint density at radius 1 is 1.06 bits per heavy atom. The Kier molecular flexibility index (Phi) is 5.60. The minimum atomic E-state index is -1.01. The fourth-order valence-electron chi connectivity index (χ4n) is 3.31. The second kappa shape index (κ2) is 8.35. The summed E-state index contributed by atoms with van der Waals surface area (Å²) < 4.78 is 0. The number of nitrogens with one attached hydrogen (secondary N) is 2. The lowest BCUT2D eigenvalue weighted by Crippen LogP contribution is -2.49. The molecule has 1 aromatic heterocycles. The van der Waals surface area contributed by atoms with E-state index in [1.54, 1.807) is 13.8 Å². The summed E-state index contributed by atoms with van der Waals surface area (Å²) in [7, 11) is 0. The van der Waals surface area contributed by atoms with E-state index in [2.05, 4.69) is 20.9 Å². The van der Waals surface area contributed by atoms with Crippen molar-refractivity contribution in [3.63, 3.8) is 0 Å². The van der Waals surface area contributed by atoms with Gasteiger partial charge in [0, 0.05) is 16.3 Å². The molecule has 8 nitrogen and oxygen atoms in total. The predicted molar refractivity (Wildman–Crippen MR) is 118 cm³/mol. The van der Waals surface area contributed by atoms with Gasteiger partial charge in [-0.05, 0) is 13.3 Å². The number of hydrogen-bond donors (Lipinski definition) is 2. The van der Waals surface area contributed by atoms with Gasteiger partial charge >= 0.3 is 6.03 Å². The summed E-state index contributed by atoms with van der Waals surface area (Å²) in [5, 5.41) is 14.5. The summed E-state index contributed by atoms with van der Waals surface area (Å²) in [5.74, 6) is -0.980. The van der Waals surface area contributed by atoms with Crippen LogP contribution >= 0.6 is 11.8 Å². The van der Waals surface area contributed by atoms with Gasteiger partial charge in [0.05, 0.1) is 5.75 Å². The van der Waals surface area contributed by atoms with Crippen molar-refractivity contribution in [3.8, 4) is 11.3 Å². The first-order valence-electron chi connectivity index (χ1n) is 9.83. The van der Waals surface area contributed by atoms with Crippen LogP contribution in [-0.4, -0.2) is 44.3 Å². The number of nitrogens with zero attached hydrogens (tertiary/aromatic N) is 3. The largest absolute Gasteiger partial charge is 0.344 e. The molecule has 4 rings (SSSR count). The summed E-state index contributed by atoms with van der Waals surface area (Å²) in [4.78, 5) is 36.9. The van der Waals surface area contributed by atoms with Crippen LogP contribution in [0.5, 0.6) is 0 Å². The van der Waals surface area contributed by atoms with Gasteiger partial charge in [0.25, 0.3) is 5.91 Å². The number of amides is 4. The van der Waals surface area contributed by atoms with Gasteiger partial charge in [0.1, 0.15) is 16.3 Å². The zero-order chi connectivity index (χ0) is 22.0. The number of carbonyl (C=O) groups excluding carboxylic acids is 3. The SMILES string of the molecule is CC[C@@]1(C)NC(=O)N(NC(=O)CSc2nnc(-c3ccccc3)c3ccccc23)C1=O. The molecule has 2 N–H and O–H groups in total. The number of imide groups is 1. The molecular weight excluding hydrogens is 414 g/mol. The highest BCUT2D eigenvalue weighted by Gasteiger charge is 2.47. The molecule has 0 radical (unpaired) electrons. The first kappa shape index (κ1) is 20.8. The van der Waals surface area contributed by atoms with Crippen molar-refractivity contribution in [1.29, 1.82) is 0 Å². The van der Waals surface area contributed by atoms with E-state index in [1.807, 2.05) is 54.6 Å². The molecule has 31 heavy (non-hydrogen) atoms. The van der Waals surface area contributed by atoms with Crippen LogP contribution in [0.2, 0.25) is 0 Å². The van der Waals surface area contributed by atoms with Crippen LogP contribution in [-0.2, 0) is 9.59 Å². The molecule has 1 saturated heterocycles. The van der Waals surface area contributed by atoms with Gasteiger partial charge in [0.2, 0.25) is 5.91 Å². The Bertz CT molecular complexity index is 1170. The van der Waals surface area contributed by atoms with Crippen LogP contribution in [0.15, 0.2) is 59.6 Å². The quantitative estimate of drug-likeness (QED) is 0.455. The zero-order valence-electron chi connectivity index (χ0n) is 17.1. The van der Waals surface area contributed by atoms with Crippen molar-refractivity contribution in [2.45, 2.75) is 30.8 Å². The maximum atomic E-state index is 12.4. The van der Waals surface area contributed by atoms with Gasteiger partial charge in [-0.3, -0.25) is 15.0 Å². The van der Waals surface area contributed by atoms with E-state index >= 15 is 0 Å². The third-order valence-electron chi connectivity index (χ3n) is 5.25. The number of hydrazine groups is 1. The average molecular weight is 436 g/mol. The Labute approximate surface area is 183 Å². The van der Waals surface area contributed by atoms with Gasteiger partial charge in [-0.15, -0.1) is 10.2 Å². The molecule has 1 fully saturated rings. The molecule has 0 aliphatic carbocycles. The minimum Gasteiger partial charge on any atom is -0.322 e. The Morgan fingerprint density at radius 3 is 2.42 bits per heavy atom. The van der Waals surface area contributed by atoms with Gasteiger partial charge in [-0.25, -0.2) is 4.79 Å². The highest BCUT2D eigenvalue weighted by Crippen LogP contribution is 2.31. The van der Waals surface area contributed by atoms with Crippen LogP contribution < -0.4 is 10.7 Å². The predicted octanol–water partition coefficient (Wildman–Crippen LogP) is 3.14. The van der Waals surface area contributed by atoms with E-state index in [0.29, 0.717) is 11.4 Å². The normalized spacial score (nSPS) is 18.3. The molecule has 2 heterocycles. The van der Waals surface area contributed by atoms with E-state index < -0.39 is 23.4 Å². The molecule has 4 amide bonds. The van der Waals surface area contributed by atoms with E-state index in [0.717, 1.165) is 27.0 Å². The smallest absolute Gasteiger partial charge is 0.322 e. The van der Waals surface area contributed by atoms with Crippen molar-refractivity contribution < 1.29 is 14.4 Å². The van der Waals surface area contributed by atoms with Gasteiger partial charge in [-0.2, -0.15) is 5.01 Å². The number of thioether (sulfide) groups is 1. The Balaban J connectivity index is 1.51. The molecule has 1 aliphatic rings. The zero-order valence-corrected chi connectivity index (χ0v) is 17.9. The fourth-order valence-corrected chi connectivity index (χ4v) is 4.08. The molecule has 1 atom stereocenters. The maximum Gasteiger partial charge on any atom is 0.344 e. The molecule has 0 spiro atoms. The third kappa shape index (κ3) is 3.96. The standard InChI is InChI=1S/C22H21N5O3S/c1-3-22(2)20(29)27(21(30)23-22)26-17(28)13-31-19-16-12-8-7-11-15(16)18(24-25-19)14-9-5-4-6-10-14/h4-12H,3,13H2,1-2H3,(H,23,30)(H,26,28)/t22-/m1/s1. The monoisotopic (exact) mass is 435 g/mol. The van der Waals surface area contributed by atoms with Gasteiger partial charge in [0.15, 0.2) is 0 Å². The van der Waals surface area contributed by atoms with Crippen molar-refractivity contribution in [3.05, 3.63) is 54.6 Å². The van der Waals surface area contributed by atoms with E-state index in [-0.39, 0.29) is 5.75 Å². The molecule has 1 aliphatic heterocycles. The lowest BCUT2D eigenvalue weighted by Gasteiger charge is -2.19. The average Bonchev–Trinajstić information content (AvgIpc) is 3.01. The summed E-state index contributed by atoms with van der Waals surface area (Å²) in [6.07, 6.45) is 0.425. The van der Waals surface area contributed by atoms with Crippen LogP contribution in [0.3, 0.4) is 0 Å². The molecule has 9 heteroatoms. The molecule has 3 aromatic rings. The summed E-state index contributed by atoms with van der Waals surface area (Å²) in [6.45, 7) is 3.42. The van der Waals surface area contributed by atoms with E-state index in [9.17, 15) is 14.4 Å². The number of carbonyl (C=O) groups is 3. The number of aromatic nitrogens is 2. The number of urea groups is 1. The number of benzene rings is 2.